The summed E-state index contributed by atoms with van der Waals surface area (Å²) in [7, 11) is 0. The van der Waals surface area contributed by atoms with E-state index in [1.807, 2.05) is 50.2 Å². The highest BCUT2D eigenvalue weighted by atomic mass is 16.3. The van der Waals surface area contributed by atoms with Crippen LogP contribution in [0.2, 0.25) is 0 Å². The zero-order chi connectivity index (χ0) is 24.2. The average Bonchev–Trinajstić information content (AvgIpc) is 3.05. The van der Waals surface area contributed by atoms with Gasteiger partial charge in [0.15, 0.2) is 5.43 Å². The van der Waals surface area contributed by atoms with Crippen LogP contribution in [0.5, 0.6) is 0 Å². The Bertz CT molecular complexity index is 1460. The molecule has 5 nitrogen and oxygen atoms in total. The molecule has 0 bridgehead atoms. The summed E-state index contributed by atoms with van der Waals surface area (Å²) in [5.74, 6) is -0.141. The lowest BCUT2D eigenvalue weighted by Gasteiger charge is -2.26. The quantitative estimate of drug-likeness (QED) is 0.391. The van der Waals surface area contributed by atoms with Crippen LogP contribution in [-0.2, 0) is 12.0 Å². The van der Waals surface area contributed by atoms with E-state index in [2.05, 4.69) is 37.9 Å². The van der Waals surface area contributed by atoms with Gasteiger partial charge in [-0.05, 0) is 59.2 Å². The minimum Gasteiger partial charge on any atom is -0.450 e. The van der Waals surface area contributed by atoms with Crippen molar-refractivity contribution in [3.8, 4) is 0 Å². The van der Waals surface area contributed by atoms with Gasteiger partial charge >= 0.3 is 0 Å². The van der Waals surface area contributed by atoms with Crippen molar-refractivity contribution in [3.63, 3.8) is 0 Å². The molecule has 0 spiro atoms. The Morgan fingerprint density at radius 2 is 1.76 bits per heavy atom. The summed E-state index contributed by atoms with van der Waals surface area (Å²) in [5.41, 5.74) is 5.55. The van der Waals surface area contributed by atoms with Gasteiger partial charge in [-0.15, -0.1) is 0 Å². The number of hydrogen-bond donors (Lipinski definition) is 0. The predicted octanol–water partition coefficient (Wildman–Crippen LogP) is 5.85. The molecule has 1 atom stereocenters. The van der Waals surface area contributed by atoms with Crippen LogP contribution in [0.4, 0.5) is 0 Å². The average molecular weight is 453 g/mol. The monoisotopic (exact) mass is 452 g/mol. The number of fused-ring (bicyclic) bond motifs is 2. The van der Waals surface area contributed by atoms with Crippen LogP contribution in [0.3, 0.4) is 0 Å². The summed E-state index contributed by atoms with van der Waals surface area (Å²) in [4.78, 5) is 33.4. The molecule has 2 aromatic carbocycles. The molecule has 5 heteroatoms. The minimum absolute atomic E-state index is 0.00152. The molecule has 1 amide bonds. The maximum Gasteiger partial charge on any atom is 0.291 e. The lowest BCUT2D eigenvalue weighted by Crippen LogP contribution is -2.29. The second-order valence-electron chi connectivity index (χ2n) is 10.2. The summed E-state index contributed by atoms with van der Waals surface area (Å²) < 4.78 is 6.15. The summed E-state index contributed by atoms with van der Waals surface area (Å²) >= 11 is 0. The molecule has 172 valence electrons. The molecule has 34 heavy (non-hydrogen) atoms. The van der Waals surface area contributed by atoms with Crippen molar-refractivity contribution in [2.45, 2.75) is 52.6 Å². The molecule has 3 heterocycles. The van der Waals surface area contributed by atoms with Crippen molar-refractivity contribution >= 4 is 16.9 Å². The first-order valence-electron chi connectivity index (χ1n) is 11.5. The third-order valence-electron chi connectivity index (χ3n) is 6.58. The maximum atomic E-state index is 13.9. The van der Waals surface area contributed by atoms with Crippen LogP contribution < -0.4 is 5.43 Å². The van der Waals surface area contributed by atoms with Crippen LogP contribution in [0.1, 0.15) is 70.7 Å². The number of pyridine rings is 1. The molecule has 0 fully saturated rings. The van der Waals surface area contributed by atoms with E-state index in [-0.39, 0.29) is 22.5 Å². The Morgan fingerprint density at radius 1 is 1.03 bits per heavy atom. The van der Waals surface area contributed by atoms with E-state index < -0.39 is 6.04 Å². The third-order valence-corrected chi connectivity index (χ3v) is 6.58. The summed E-state index contributed by atoms with van der Waals surface area (Å²) in [6.45, 7) is 10.7. The van der Waals surface area contributed by atoms with E-state index >= 15 is 0 Å². The molecule has 1 aliphatic heterocycles. The number of carbonyl (C=O) groups is 1. The van der Waals surface area contributed by atoms with E-state index in [4.69, 9.17) is 4.42 Å². The number of hydrogen-bond acceptors (Lipinski definition) is 4. The van der Waals surface area contributed by atoms with Gasteiger partial charge in [-0.1, -0.05) is 57.2 Å². The highest BCUT2D eigenvalue weighted by Crippen LogP contribution is 2.40. The fourth-order valence-electron chi connectivity index (χ4n) is 4.88. The topological polar surface area (TPSA) is 63.4 Å². The third kappa shape index (κ3) is 3.61. The SMILES string of the molecule is Cc1cc(C)c2c(=O)c3c(oc2c1)C(=O)N(Cc1cccnc1)C3c1ccc(C(C)(C)C)cc1. The van der Waals surface area contributed by atoms with Gasteiger partial charge < -0.3 is 9.32 Å². The van der Waals surface area contributed by atoms with Crippen LogP contribution >= 0.6 is 0 Å². The molecule has 0 saturated heterocycles. The smallest absolute Gasteiger partial charge is 0.291 e. The molecule has 1 unspecified atom stereocenters. The zero-order valence-electron chi connectivity index (χ0n) is 20.2. The first-order valence-corrected chi connectivity index (χ1v) is 11.5. The fourth-order valence-corrected chi connectivity index (χ4v) is 4.88. The molecular formula is C29H28N2O3. The van der Waals surface area contributed by atoms with Gasteiger partial charge in [0.05, 0.1) is 17.0 Å². The van der Waals surface area contributed by atoms with Gasteiger partial charge in [0, 0.05) is 18.9 Å². The second kappa shape index (κ2) is 7.94. The molecule has 0 saturated carbocycles. The fraction of sp³-hybridized carbons (Fsp3) is 0.276. The number of benzene rings is 2. The minimum atomic E-state index is -0.530. The van der Waals surface area contributed by atoms with Crippen molar-refractivity contribution in [3.05, 3.63) is 110 Å². The highest BCUT2D eigenvalue weighted by Gasteiger charge is 2.43. The van der Waals surface area contributed by atoms with Gasteiger partial charge in [-0.2, -0.15) is 0 Å². The van der Waals surface area contributed by atoms with Gasteiger partial charge in [0.2, 0.25) is 5.76 Å². The molecule has 2 aromatic heterocycles. The Morgan fingerprint density at radius 3 is 2.41 bits per heavy atom. The number of amides is 1. The standard InChI is InChI=1S/C29H28N2O3/c1-17-13-18(2)23-22(14-17)34-27-24(26(23)32)25(20-8-10-21(11-9-20)29(3,4)5)31(28(27)33)16-19-7-6-12-30-15-19/h6-15,25H,16H2,1-5H3. The van der Waals surface area contributed by atoms with Crippen LogP contribution in [-0.4, -0.2) is 15.8 Å². The second-order valence-corrected chi connectivity index (χ2v) is 10.2. The number of aromatic nitrogens is 1. The Hall–Kier alpha value is -3.73. The van der Waals surface area contributed by atoms with Gasteiger partial charge in [-0.25, -0.2) is 0 Å². The molecule has 0 N–H and O–H groups in total. The molecule has 4 aromatic rings. The van der Waals surface area contributed by atoms with E-state index in [1.54, 1.807) is 17.3 Å². The Balaban J connectivity index is 1.73. The van der Waals surface area contributed by atoms with Crippen molar-refractivity contribution < 1.29 is 9.21 Å². The number of rotatable bonds is 3. The summed E-state index contributed by atoms with van der Waals surface area (Å²) in [6, 6.07) is 15.3. The van der Waals surface area contributed by atoms with Crippen molar-refractivity contribution in [2.75, 3.05) is 0 Å². The van der Waals surface area contributed by atoms with Crippen molar-refractivity contribution in [1.82, 2.24) is 9.88 Å². The van der Waals surface area contributed by atoms with Crippen LogP contribution in [0.25, 0.3) is 11.0 Å². The van der Waals surface area contributed by atoms with E-state index in [9.17, 15) is 9.59 Å². The number of carbonyl (C=O) groups excluding carboxylic acids is 1. The van der Waals surface area contributed by atoms with Gasteiger partial charge in [-0.3, -0.25) is 14.6 Å². The molecule has 0 radical (unpaired) electrons. The molecule has 0 aliphatic carbocycles. The van der Waals surface area contributed by atoms with E-state index in [0.717, 1.165) is 22.3 Å². The van der Waals surface area contributed by atoms with Gasteiger partial charge in [0.25, 0.3) is 5.91 Å². The van der Waals surface area contributed by atoms with E-state index in [0.29, 0.717) is 23.1 Å². The predicted molar refractivity (Wildman–Crippen MR) is 133 cm³/mol. The molecular weight excluding hydrogens is 424 g/mol. The maximum absolute atomic E-state index is 13.9. The van der Waals surface area contributed by atoms with Crippen LogP contribution in [0.15, 0.2) is 70.1 Å². The van der Waals surface area contributed by atoms with Gasteiger partial charge in [0.1, 0.15) is 5.58 Å². The van der Waals surface area contributed by atoms with E-state index in [1.165, 1.54) is 5.56 Å². The zero-order valence-corrected chi connectivity index (χ0v) is 20.2. The summed E-state index contributed by atoms with van der Waals surface area (Å²) in [6.07, 6.45) is 3.45. The lowest BCUT2D eigenvalue weighted by atomic mass is 9.85. The largest absolute Gasteiger partial charge is 0.450 e. The number of nitrogens with zero attached hydrogens (tertiary/aromatic N) is 2. The lowest BCUT2D eigenvalue weighted by molar-refractivity contribution is 0.0714. The first-order chi connectivity index (χ1) is 16.1. The molecule has 1 aliphatic rings. The highest BCUT2D eigenvalue weighted by molar-refractivity contribution is 5.99. The van der Waals surface area contributed by atoms with Crippen molar-refractivity contribution in [2.24, 2.45) is 0 Å². The van der Waals surface area contributed by atoms with Crippen molar-refractivity contribution in [1.29, 1.82) is 0 Å². The van der Waals surface area contributed by atoms with Crippen LogP contribution in [0, 0.1) is 13.8 Å². The summed E-state index contributed by atoms with van der Waals surface area (Å²) in [5, 5.41) is 0.539. The number of aryl methyl sites for hydroxylation is 2. The molecule has 5 rings (SSSR count). The Labute approximate surface area is 199 Å². The first kappa shape index (κ1) is 22.1. The Kier molecular flexibility index (Phi) is 5.16. The normalized spacial score (nSPS) is 15.7.